The smallest absolute Gasteiger partial charge is 0.248 e. The fourth-order valence-electron chi connectivity index (χ4n) is 2.90. The van der Waals surface area contributed by atoms with Crippen molar-refractivity contribution in [3.8, 4) is 5.75 Å². The largest absolute Gasteiger partial charge is 0.496 e. The van der Waals surface area contributed by atoms with Crippen LogP contribution in [0.5, 0.6) is 5.75 Å². The zero-order valence-electron chi connectivity index (χ0n) is 14.9. The van der Waals surface area contributed by atoms with Gasteiger partial charge in [0.05, 0.1) is 36.7 Å². The van der Waals surface area contributed by atoms with Crippen molar-refractivity contribution in [2.24, 2.45) is 0 Å². The molecule has 0 spiro atoms. The molecule has 2 aromatic carbocycles. The summed E-state index contributed by atoms with van der Waals surface area (Å²) in [5, 5.41) is 3.53. The van der Waals surface area contributed by atoms with Crippen LogP contribution in [0.4, 0.5) is 11.4 Å². The van der Waals surface area contributed by atoms with E-state index in [1.165, 1.54) is 6.08 Å². The molecule has 0 radical (unpaired) electrons. The molecule has 0 unspecified atom stereocenters. The average molecular weight is 452 g/mol. The summed E-state index contributed by atoms with van der Waals surface area (Å²) in [5.74, 6) is 0.452. The van der Waals surface area contributed by atoms with Crippen molar-refractivity contribution in [2.45, 2.75) is 0 Å². The number of nitrogens with one attached hydrogen (secondary N) is 1. The van der Waals surface area contributed by atoms with E-state index in [1.54, 1.807) is 13.2 Å². The number of rotatable bonds is 5. The molecular weight excluding hydrogens is 432 g/mol. The van der Waals surface area contributed by atoms with Gasteiger partial charge in [-0.2, -0.15) is 0 Å². The quantitative estimate of drug-likeness (QED) is 0.675. The summed E-state index contributed by atoms with van der Waals surface area (Å²) in [7, 11) is 1.60. The number of carbonyl (C=O) groups excluding carboxylic acids is 1. The van der Waals surface area contributed by atoms with Gasteiger partial charge in [0.2, 0.25) is 5.91 Å². The first-order valence-electron chi connectivity index (χ1n) is 8.52. The van der Waals surface area contributed by atoms with E-state index in [4.69, 9.17) is 21.1 Å². The normalized spacial score (nSPS) is 14.4. The van der Waals surface area contributed by atoms with Crippen LogP contribution in [0.15, 0.2) is 46.9 Å². The van der Waals surface area contributed by atoms with Gasteiger partial charge in [0, 0.05) is 29.2 Å². The van der Waals surface area contributed by atoms with E-state index in [0.717, 1.165) is 28.8 Å². The zero-order valence-corrected chi connectivity index (χ0v) is 17.2. The highest BCUT2D eigenvalue weighted by molar-refractivity contribution is 9.10. The van der Waals surface area contributed by atoms with Crippen LogP contribution in [0.25, 0.3) is 6.08 Å². The topological polar surface area (TPSA) is 50.8 Å². The molecule has 1 aliphatic rings. The van der Waals surface area contributed by atoms with E-state index in [9.17, 15) is 4.79 Å². The summed E-state index contributed by atoms with van der Waals surface area (Å²) < 4.78 is 11.6. The number of amides is 1. The second kappa shape index (κ2) is 9.26. The Kier molecular flexibility index (Phi) is 6.77. The first-order chi connectivity index (χ1) is 13.1. The molecule has 0 aliphatic carbocycles. The standard InChI is InChI=1S/C20H20BrClN2O3/c1-26-18-7-6-15(21)13-14(18)5-8-19(25)23-17-4-2-3-16(22)20(17)24-9-11-27-12-10-24/h2-8,13H,9-12H2,1H3,(H,23,25). The third-order valence-corrected chi connectivity index (χ3v) is 4.98. The highest BCUT2D eigenvalue weighted by atomic mass is 79.9. The van der Waals surface area contributed by atoms with Gasteiger partial charge in [-0.15, -0.1) is 0 Å². The minimum atomic E-state index is -0.242. The van der Waals surface area contributed by atoms with Crippen LogP contribution >= 0.6 is 27.5 Å². The van der Waals surface area contributed by atoms with Gasteiger partial charge in [0.1, 0.15) is 5.75 Å². The van der Waals surface area contributed by atoms with E-state index in [-0.39, 0.29) is 5.91 Å². The maximum atomic E-state index is 12.5. The lowest BCUT2D eigenvalue weighted by Crippen LogP contribution is -2.37. The summed E-state index contributed by atoms with van der Waals surface area (Å²) in [6.45, 7) is 2.75. The van der Waals surface area contributed by atoms with Gasteiger partial charge in [-0.25, -0.2) is 0 Å². The predicted octanol–water partition coefficient (Wildman–Crippen LogP) is 4.60. The Morgan fingerprint density at radius 3 is 2.81 bits per heavy atom. The molecule has 1 fully saturated rings. The number of halogens is 2. The van der Waals surface area contributed by atoms with E-state index in [2.05, 4.69) is 26.1 Å². The Hall–Kier alpha value is -2.02. The van der Waals surface area contributed by atoms with Crippen LogP contribution in [0, 0.1) is 0 Å². The van der Waals surface area contributed by atoms with E-state index in [1.807, 2.05) is 36.4 Å². The molecule has 0 aromatic heterocycles. The van der Waals surface area contributed by atoms with Crippen molar-refractivity contribution >= 4 is 50.9 Å². The molecule has 1 aliphatic heterocycles. The maximum absolute atomic E-state index is 12.5. The van der Waals surface area contributed by atoms with Crippen LogP contribution in [0.1, 0.15) is 5.56 Å². The SMILES string of the molecule is COc1ccc(Br)cc1C=CC(=O)Nc1cccc(Cl)c1N1CCOCC1. The average Bonchev–Trinajstić information content (AvgIpc) is 2.67. The van der Waals surface area contributed by atoms with E-state index in [0.29, 0.717) is 29.7 Å². The van der Waals surface area contributed by atoms with Gasteiger partial charge < -0.3 is 19.7 Å². The first-order valence-corrected chi connectivity index (χ1v) is 9.69. The van der Waals surface area contributed by atoms with E-state index < -0.39 is 0 Å². The molecule has 3 rings (SSSR count). The summed E-state index contributed by atoms with van der Waals surface area (Å²) >= 11 is 9.83. The molecule has 1 heterocycles. The second-order valence-electron chi connectivity index (χ2n) is 5.94. The molecule has 0 saturated carbocycles. The maximum Gasteiger partial charge on any atom is 0.248 e. The van der Waals surface area contributed by atoms with Crippen molar-refractivity contribution in [2.75, 3.05) is 43.6 Å². The fraction of sp³-hybridized carbons (Fsp3) is 0.250. The number of hydrogen-bond acceptors (Lipinski definition) is 4. The Labute approximate surface area is 172 Å². The Balaban J connectivity index is 1.78. The van der Waals surface area contributed by atoms with Crippen molar-refractivity contribution in [1.29, 1.82) is 0 Å². The molecule has 1 N–H and O–H groups in total. The molecule has 2 aromatic rings. The van der Waals surface area contributed by atoms with Gasteiger partial charge in [-0.3, -0.25) is 4.79 Å². The van der Waals surface area contributed by atoms with E-state index >= 15 is 0 Å². The van der Waals surface area contributed by atoms with Crippen LogP contribution in [-0.2, 0) is 9.53 Å². The number of anilines is 2. The number of morpholine rings is 1. The fourth-order valence-corrected chi connectivity index (χ4v) is 3.57. The lowest BCUT2D eigenvalue weighted by atomic mass is 10.2. The number of methoxy groups -OCH3 is 1. The molecular formula is C20H20BrClN2O3. The lowest BCUT2D eigenvalue weighted by Gasteiger charge is -2.31. The van der Waals surface area contributed by atoms with Crippen LogP contribution < -0.4 is 15.0 Å². The highest BCUT2D eigenvalue weighted by Crippen LogP contribution is 2.34. The lowest BCUT2D eigenvalue weighted by molar-refractivity contribution is -0.111. The Morgan fingerprint density at radius 2 is 2.07 bits per heavy atom. The Morgan fingerprint density at radius 1 is 1.30 bits per heavy atom. The number of ether oxygens (including phenoxy) is 2. The minimum Gasteiger partial charge on any atom is -0.496 e. The first kappa shape index (κ1) is 19.7. The van der Waals surface area contributed by atoms with Gasteiger partial charge in [-0.1, -0.05) is 33.6 Å². The second-order valence-corrected chi connectivity index (χ2v) is 7.27. The molecule has 0 atom stereocenters. The van der Waals surface area contributed by atoms with Gasteiger partial charge >= 0.3 is 0 Å². The van der Waals surface area contributed by atoms with Crippen molar-refractivity contribution < 1.29 is 14.3 Å². The molecule has 0 bridgehead atoms. The molecule has 5 nitrogen and oxygen atoms in total. The van der Waals surface area contributed by atoms with Crippen molar-refractivity contribution in [3.05, 3.63) is 57.5 Å². The molecule has 7 heteroatoms. The van der Waals surface area contributed by atoms with Crippen LogP contribution in [0.3, 0.4) is 0 Å². The summed E-state index contributed by atoms with van der Waals surface area (Å²) in [4.78, 5) is 14.6. The van der Waals surface area contributed by atoms with Crippen LogP contribution in [0.2, 0.25) is 5.02 Å². The highest BCUT2D eigenvalue weighted by Gasteiger charge is 2.18. The van der Waals surface area contributed by atoms with Crippen molar-refractivity contribution in [1.82, 2.24) is 0 Å². The Bertz CT molecular complexity index is 851. The number of benzene rings is 2. The summed E-state index contributed by atoms with van der Waals surface area (Å²) in [5.41, 5.74) is 2.31. The molecule has 142 valence electrons. The zero-order chi connectivity index (χ0) is 19.2. The number of para-hydroxylation sites is 1. The summed E-state index contributed by atoms with van der Waals surface area (Å²) in [6, 6.07) is 11.1. The van der Waals surface area contributed by atoms with Gasteiger partial charge in [0.15, 0.2) is 0 Å². The van der Waals surface area contributed by atoms with Crippen molar-refractivity contribution in [3.63, 3.8) is 0 Å². The predicted molar refractivity (Wildman–Crippen MR) is 113 cm³/mol. The molecule has 1 amide bonds. The van der Waals surface area contributed by atoms with Crippen LogP contribution in [-0.4, -0.2) is 39.3 Å². The van der Waals surface area contributed by atoms with Gasteiger partial charge in [0.25, 0.3) is 0 Å². The number of hydrogen-bond donors (Lipinski definition) is 1. The number of nitrogens with zero attached hydrogens (tertiary/aromatic N) is 1. The molecule has 27 heavy (non-hydrogen) atoms. The molecule has 1 saturated heterocycles. The monoisotopic (exact) mass is 450 g/mol. The minimum absolute atomic E-state index is 0.242. The third kappa shape index (κ3) is 5.03. The summed E-state index contributed by atoms with van der Waals surface area (Å²) in [6.07, 6.45) is 3.20. The third-order valence-electron chi connectivity index (χ3n) is 4.18. The number of carbonyl (C=O) groups is 1. The van der Waals surface area contributed by atoms with Gasteiger partial charge in [-0.05, 0) is 36.4 Å².